The average Bonchev–Trinajstić information content (AvgIpc) is 2.70. The molecule has 4 heteroatoms. The summed E-state index contributed by atoms with van der Waals surface area (Å²) in [5, 5.41) is 0. The van der Waals surface area contributed by atoms with Gasteiger partial charge in [0, 0.05) is 6.42 Å². The number of fused-ring (bicyclic) bond motifs is 1. The van der Waals surface area contributed by atoms with Gasteiger partial charge in [0.25, 0.3) is 0 Å². The Morgan fingerprint density at radius 1 is 1.56 bits per heavy atom. The fourth-order valence-corrected chi connectivity index (χ4v) is 1.73. The minimum Gasteiger partial charge on any atom is -0.488 e. The number of nitrogens with zero attached hydrogens (tertiary/aromatic N) is 1. The highest BCUT2D eigenvalue weighted by Gasteiger charge is 2.24. The van der Waals surface area contributed by atoms with Gasteiger partial charge in [0.1, 0.15) is 17.5 Å². The van der Waals surface area contributed by atoms with Gasteiger partial charge in [-0.25, -0.2) is 9.78 Å². The SMILES string of the molecule is CCOC(=O)c1ccc2c(n1)CC(CC)O2. The Morgan fingerprint density at radius 3 is 3.06 bits per heavy atom. The second-order valence-electron chi connectivity index (χ2n) is 3.71. The zero-order valence-electron chi connectivity index (χ0n) is 9.53. The molecule has 86 valence electrons. The lowest BCUT2D eigenvalue weighted by molar-refractivity contribution is 0.0519. The number of hydrogen-bond acceptors (Lipinski definition) is 4. The summed E-state index contributed by atoms with van der Waals surface area (Å²) < 4.78 is 10.5. The number of carbonyl (C=O) groups excluding carboxylic acids is 1. The lowest BCUT2D eigenvalue weighted by Crippen LogP contribution is -2.10. The summed E-state index contributed by atoms with van der Waals surface area (Å²) in [6, 6.07) is 3.44. The molecule has 0 saturated carbocycles. The predicted octanol–water partition coefficient (Wildman–Crippen LogP) is 1.97. The maximum Gasteiger partial charge on any atom is 0.356 e. The van der Waals surface area contributed by atoms with E-state index in [1.807, 2.05) is 0 Å². The Balaban J connectivity index is 2.19. The van der Waals surface area contributed by atoms with E-state index >= 15 is 0 Å². The third-order valence-electron chi connectivity index (χ3n) is 2.59. The van der Waals surface area contributed by atoms with Crippen molar-refractivity contribution in [2.24, 2.45) is 0 Å². The fourth-order valence-electron chi connectivity index (χ4n) is 1.73. The van der Waals surface area contributed by atoms with Crippen molar-refractivity contribution in [1.29, 1.82) is 0 Å². The number of carbonyl (C=O) groups is 1. The molecule has 0 N–H and O–H groups in total. The van der Waals surface area contributed by atoms with Crippen LogP contribution in [0.3, 0.4) is 0 Å². The maximum absolute atomic E-state index is 11.5. The van der Waals surface area contributed by atoms with Gasteiger partial charge in [0.2, 0.25) is 0 Å². The molecule has 0 fully saturated rings. The molecule has 16 heavy (non-hydrogen) atoms. The van der Waals surface area contributed by atoms with Gasteiger partial charge in [0.15, 0.2) is 0 Å². The van der Waals surface area contributed by atoms with E-state index in [2.05, 4.69) is 11.9 Å². The second kappa shape index (κ2) is 4.51. The molecule has 1 aliphatic rings. The first-order valence-corrected chi connectivity index (χ1v) is 5.58. The van der Waals surface area contributed by atoms with Crippen LogP contribution in [0.25, 0.3) is 0 Å². The number of hydrogen-bond donors (Lipinski definition) is 0. The van der Waals surface area contributed by atoms with Gasteiger partial charge in [-0.05, 0) is 25.5 Å². The lowest BCUT2D eigenvalue weighted by Gasteiger charge is -2.05. The van der Waals surface area contributed by atoms with Crippen LogP contribution in [0.1, 0.15) is 36.5 Å². The van der Waals surface area contributed by atoms with E-state index in [-0.39, 0.29) is 12.1 Å². The van der Waals surface area contributed by atoms with E-state index in [0.717, 1.165) is 24.3 Å². The van der Waals surface area contributed by atoms with Gasteiger partial charge < -0.3 is 9.47 Å². The molecular weight excluding hydrogens is 206 g/mol. The average molecular weight is 221 g/mol. The molecule has 2 heterocycles. The molecule has 0 spiro atoms. The van der Waals surface area contributed by atoms with E-state index < -0.39 is 0 Å². The summed E-state index contributed by atoms with van der Waals surface area (Å²) in [7, 11) is 0. The van der Waals surface area contributed by atoms with Gasteiger partial charge in [-0.2, -0.15) is 0 Å². The van der Waals surface area contributed by atoms with Crippen molar-refractivity contribution in [2.75, 3.05) is 6.61 Å². The Hall–Kier alpha value is -1.58. The van der Waals surface area contributed by atoms with E-state index in [1.165, 1.54) is 0 Å². The summed E-state index contributed by atoms with van der Waals surface area (Å²) in [5.74, 6) is 0.421. The Labute approximate surface area is 94.6 Å². The minimum atomic E-state index is -0.370. The molecule has 1 aliphatic heterocycles. The normalized spacial score (nSPS) is 17.8. The standard InChI is InChI=1S/C12H15NO3/c1-3-8-7-10-11(16-8)6-5-9(13-10)12(14)15-4-2/h5-6,8H,3-4,7H2,1-2H3. The molecule has 1 aromatic rings. The van der Waals surface area contributed by atoms with Gasteiger partial charge in [0.05, 0.1) is 12.3 Å². The number of esters is 1. The van der Waals surface area contributed by atoms with Crippen LogP contribution in [0.5, 0.6) is 5.75 Å². The van der Waals surface area contributed by atoms with Crippen molar-refractivity contribution in [3.63, 3.8) is 0 Å². The highest BCUT2D eigenvalue weighted by Crippen LogP contribution is 2.28. The Kier molecular flexibility index (Phi) is 3.08. The monoisotopic (exact) mass is 221 g/mol. The Bertz CT molecular complexity index is 403. The van der Waals surface area contributed by atoms with E-state index in [4.69, 9.17) is 9.47 Å². The first-order chi connectivity index (χ1) is 7.74. The van der Waals surface area contributed by atoms with Crippen LogP contribution in [0.15, 0.2) is 12.1 Å². The molecule has 2 rings (SSSR count). The zero-order valence-corrected chi connectivity index (χ0v) is 9.53. The summed E-state index contributed by atoms with van der Waals surface area (Å²) in [5.41, 5.74) is 1.22. The fraction of sp³-hybridized carbons (Fsp3) is 0.500. The largest absolute Gasteiger partial charge is 0.488 e. The quantitative estimate of drug-likeness (QED) is 0.732. The van der Waals surface area contributed by atoms with Crippen LogP contribution >= 0.6 is 0 Å². The summed E-state index contributed by atoms with van der Waals surface area (Å²) >= 11 is 0. The van der Waals surface area contributed by atoms with Crippen molar-refractivity contribution in [2.45, 2.75) is 32.8 Å². The molecular formula is C12H15NO3. The summed E-state index contributed by atoms with van der Waals surface area (Å²) in [6.07, 6.45) is 1.92. The summed E-state index contributed by atoms with van der Waals surface area (Å²) in [4.78, 5) is 15.7. The van der Waals surface area contributed by atoms with Crippen molar-refractivity contribution >= 4 is 5.97 Å². The smallest absolute Gasteiger partial charge is 0.356 e. The van der Waals surface area contributed by atoms with E-state index in [0.29, 0.717) is 12.3 Å². The topological polar surface area (TPSA) is 48.4 Å². The van der Waals surface area contributed by atoms with E-state index in [9.17, 15) is 4.79 Å². The molecule has 0 amide bonds. The van der Waals surface area contributed by atoms with Crippen LogP contribution < -0.4 is 4.74 Å². The lowest BCUT2D eigenvalue weighted by atomic mass is 10.2. The first-order valence-electron chi connectivity index (χ1n) is 5.58. The van der Waals surface area contributed by atoms with Crippen molar-refractivity contribution in [3.8, 4) is 5.75 Å². The van der Waals surface area contributed by atoms with Crippen LogP contribution in [-0.4, -0.2) is 23.7 Å². The van der Waals surface area contributed by atoms with Crippen molar-refractivity contribution in [3.05, 3.63) is 23.5 Å². The highest BCUT2D eigenvalue weighted by molar-refractivity contribution is 5.87. The Morgan fingerprint density at radius 2 is 2.38 bits per heavy atom. The van der Waals surface area contributed by atoms with Gasteiger partial charge in [-0.3, -0.25) is 0 Å². The maximum atomic E-state index is 11.5. The van der Waals surface area contributed by atoms with Gasteiger partial charge in [-0.1, -0.05) is 6.92 Å². The minimum absolute atomic E-state index is 0.194. The third-order valence-corrected chi connectivity index (χ3v) is 2.59. The number of pyridine rings is 1. The predicted molar refractivity (Wildman–Crippen MR) is 58.6 cm³/mol. The van der Waals surface area contributed by atoms with Gasteiger partial charge >= 0.3 is 5.97 Å². The first kappa shape index (κ1) is 10.9. The summed E-state index contributed by atoms with van der Waals surface area (Å²) in [6.45, 7) is 4.22. The van der Waals surface area contributed by atoms with Crippen LogP contribution in [-0.2, 0) is 11.2 Å². The molecule has 0 aromatic carbocycles. The molecule has 1 aromatic heterocycles. The van der Waals surface area contributed by atoms with Gasteiger partial charge in [-0.15, -0.1) is 0 Å². The second-order valence-corrected chi connectivity index (χ2v) is 3.71. The highest BCUT2D eigenvalue weighted by atomic mass is 16.5. The van der Waals surface area contributed by atoms with Crippen molar-refractivity contribution in [1.82, 2.24) is 4.98 Å². The molecule has 0 radical (unpaired) electrons. The molecule has 0 aliphatic carbocycles. The zero-order chi connectivity index (χ0) is 11.5. The molecule has 0 saturated heterocycles. The van der Waals surface area contributed by atoms with Crippen molar-refractivity contribution < 1.29 is 14.3 Å². The number of rotatable bonds is 3. The number of ether oxygens (including phenoxy) is 2. The molecule has 1 atom stereocenters. The van der Waals surface area contributed by atoms with Crippen LogP contribution in [0.4, 0.5) is 0 Å². The van der Waals surface area contributed by atoms with E-state index in [1.54, 1.807) is 19.1 Å². The molecule has 1 unspecified atom stereocenters. The number of aromatic nitrogens is 1. The van der Waals surface area contributed by atoms with Crippen LogP contribution in [0.2, 0.25) is 0 Å². The third kappa shape index (κ3) is 2.01. The molecule has 0 bridgehead atoms. The van der Waals surface area contributed by atoms with Crippen LogP contribution in [0, 0.1) is 0 Å². The molecule has 4 nitrogen and oxygen atoms in total.